The summed E-state index contributed by atoms with van der Waals surface area (Å²) in [5, 5.41) is 5.07. The van der Waals surface area contributed by atoms with Crippen LogP contribution in [0.4, 0.5) is 0 Å². The molecule has 4 heteroatoms. The maximum absolute atomic E-state index is 6.37. The molecule has 0 spiro atoms. The van der Waals surface area contributed by atoms with Gasteiger partial charge in [-0.2, -0.15) is 11.3 Å². The lowest BCUT2D eigenvalue weighted by Gasteiger charge is -2.33. The summed E-state index contributed by atoms with van der Waals surface area (Å²) in [5.41, 5.74) is 8.78. The molecule has 0 bridgehead atoms. The van der Waals surface area contributed by atoms with Crippen molar-refractivity contribution in [3.63, 3.8) is 0 Å². The number of rotatable bonds is 6. The first kappa shape index (κ1) is 15.5. The third-order valence-electron chi connectivity index (χ3n) is 3.59. The van der Waals surface area contributed by atoms with Gasteiger partial charge in [0.05, 0.1) is 6.04 Å². The minimum Gasteiger partial charge on any atom is -0.326 e. The Kier molecular flexibility index (Phi) is 5.61. The molecule has 2 nitrogen and oxygen atoms in total. The molecule has 1 aromatic heterocycles. The fourth-order valence-electron chi connectivity index (χ4n) is 2.50. The number of nitrogens with zero attached hydrogens (tertiary/aromatic N) is 1. The fourth-order valence-corrected chi connectivity index (χ4v) is 3.41. The van der Waals surface area contributed by atoms with E-state index in [9.17, 15) is 0 Å². The van der Waals surface area contributed by atoms with E-state index in [1.807, 2.05) is 18.2 Å². The monoisotopic (exact) mass is 308 g/mol. The Labute approximate surface area is 130 Å². The van der Waals surface area contributed by atoms with E-state index in [0.29, 0.717) is 0 Å². The van der Waals surface area contributed by atoms with E-state index in [4.69, 9.17) is 17.3 Å². The molecule has 0 aliphatic rings. The highest BCUT2D eigenvalue weighted by Crippen LogP contribution is 2.30. The second-order valence-electron chi connectivity index (χ2n) is 5.09. The lowest BCUT2D eigenvalue weighted by atomic mass is 9.96. The zero-order valence-corrected chi connectivity index (χ0v) is 13.5. The average Bonchev–Trinajstić information content (AvgIpc) is 2.93. The van der Waals surface area contributed by atoms with Crippen molar-refractivity contribution in [3.8, 4) is 0 Å². The van der Waals surface area contributed by atoms with E-state index in [1.165, 1.54) is 5.56 Å². The van der Waals surface area contributed by atoms with Crippen molar-refractivity contribution in [1.82, 2.24) is 4.90 Å². The largest absolute Gasteiger partial charge is 0.326 e. The molecule has 0 aliphatic carbocycles. The lowest BCUT2D eigenvalue weighted by molar-refractivity contribution is 0.202. The van der Waals surface area contributed by atoms with Gasteiger partial charge >= 0.3 is 0 Å². The predicted molar refractivity (Wildman–Crippen MR) is 88.2 cm³/mol. The number of thiophene rings is 1. The Bertz CT molecular complexity index is 527. The van der Waals surface area contributed by atoms with Crippen LogP contribution in [0.2, 0.25) is 5.02 Å². The minimum atomic E-state index is 0.0681. The van der Waals surface area contributed by atoms with Gasteiger partial charge in [-0.05, 0) is 47.5 Å². The van der Waals surface area contributed by atoms with Crippen molar-refractivity contribution >= 4 is 22.9 Å². The van der Waals surface area contributed by atoms with Gasteiger partial charge in [0.25, 0.3) is 0 Å². The highest BCUT2D eigenvalue weighted by atomic mass is 35.5. The van der Waals surface area contributed by atoms with Gasteiger partial charge in [-0.25, -0.2) is 0 Å². The van der Waals surface area contributed by atoms with Crippen LogP contribution in [0.25, 0.3) is 0 Å². The summed E-state index contributed by atoms with van der Waals surface area (Å²) in [4.78, 5) is 2.29. The zero-order valence-electron chi connectivity index (χ0n) is 11.9. The van der Waals surface area contributed by atoms with Crippen LogP contribution in [-0.2, 0) is 6.54 Å². The maximum atomic E-state index is 6.37. The molecule has 1 aromatic carbocycles. The Morgan fingerprint density at radius 1 is 1.30 bits per heavy atom. The molecule has 0 fully saturated rings. The molecule has 2 N–H and O–H groups in total. The molecule has 0 aliphatic heterocycles. The summed E-state index contributed by atoms with van der Waals surface area (Å²) < 4.78 is 0. The first-order valence-electron chi connectivity index (χ1n) is 6.84. The van der Waals surface area contributed by atoms with Crippen LogP contribution in [-0.4, -0.2) is 18.0 Å². The molecule has 1 heterocycles. The third kappa shape index (κ3) is 3.61. The van der Waals surface area contributed by atoms with Gasteiger partial charge in [0.1, 0.15) is 0 Å². The molecule has 108 valence electrons. The number of hydrogen-bond donors (Lipinski definition) is 1. The highest BCUT2D eigenvalue weighted by molar-refractivity contribution is 7.07. The van der Waals surface area contributed by atoms with Gasteiger partial charge in [-0.1, -0.05) is 36.7 Å². The van der Waals surface area contributed by atoms with Crippen molar-refractivity contribution in [2.24, 2.45) is 5.73 Å². The van der Waals surface area contributed by atoms with Crippen molar-refractivity contribution in [2.45, 2.75) is 32.0 Å². The van der Waals surface area contributed by atoms with Crippen LogP contribution >= 0.6 is 22.9 Å². The van der Waals surface area contributed by atoms with Crippen LogP contribution in [0.15, 0.2) is 41.1 Å². The first-order valence-corrected chi connectivity index (χ1v) is 8.17. The predicted octanol–water partition coefficient (Wildman–Crippen LogP) is 4.31. The highest BCUT2D eigenvalue weighted by Gasteiger charge is 2.25. The summed E-state index contributed by atoms with van der Waals surface area (Å²) >= 11 is 8.09. The summed E-state index contributed by atoms with van der Waals surface area (Å²) in [5.74, 6) is 0. The van der Waals surface area contributed by atoms with Crippen LogP contribution < -0.4 is 5.73 Å². The van der Waals surface area contributed by atoms with Gasteiger partial charge in [0.15, 0.2) is 0 Å². The average molecular weight is 309 g/mol. The van der Waals surface area contributed by atoms with Gasteiger partial charge < -0.3 is 5.73 Å². The molecule has 0 radical (unpaired) electrons. The Morgan fingerprint density at radius 3 is 2.65 bits per heavy atom. The molecule has 2 aromatic rings. The van der Waals surface area contributed by atoms with Crippen LogP contribution in [0.5, 0.6) is 0 Å². The molecular weight excluding hydrogens is 288 g/mol. The van der Waals surface area contributed by atoms with Crippen molar-refractivity contribution in [2.75, 3.05) is 7.05 Å². The topological polar surface area (TPSA) is 29.3 Å². The number of likely N-dealkylation sites (N-methyl/N-ethyl adjacent to an activating group) is 1. The van der Waals surface area contributed by atoms with Crippen molar-refractivity contribution < 1.29 is 0 Å². The van der Waals surface area contributed by atoms with E-state index in [-0.39, 0.29) is 12.1 Å². The van der Waals surface area contributed by atoms with Crippen molar-refractivity contribution in [3.05, 3.63) is 57.2 Å². The summed E-state index contributed by atoms with van der Waals surface area (Å²) in [7, 11) is 2.11. The molecule has 20 heavy (non-hydrogen) atoms. The van der Waals surface area contributed by atoms with E-state index in [1.54, 1.807) is 11.3 Å². The van der Waals surface area contributed by atoms with E-state index < -0.39 is 0 Å². The minimum absolute atomic E-state index is 0.0681. The fraction of sp³-hybridized carbons (Fsp3) is 0.375. The lowest BCUT2D eigenvalue weighted by Crippen LogP contribution is -2.38. The first-order chi connectivity index (χ1) is 9.63. The SMILES string of the molecule is CCC(N)C(c1ccccc1Cl)N(C)Cc1ccsc1. The molecule has 0 saturated carbocycles. The van der Waals surface area contributed by atoms with Crippen molar-refractivity contribution in [1.29, 1.82) is 0 Å². The number of hydrogen-bond acceptors (Lipinski definition) is 3. The third-order valence-corrected chi connectivity index (χ3v) is 4.66. The zero-order chi connectivity index (χ0) is 14.5. The van der Waals surface area contributed by atoms with E-state index >= 15 is 0 Å². The molecule has 2 atom stereocenters. The number of benzene rings is 1. The Balaban J connectivity index is 2.25. The molecule has 0 amide bonds. The number of nitrogens with two attached hydrogens (primary N) is 1. The number of halogens is 1. The molecule has 2 unspecified atom stereocenters. The molecule has 0 saturated heterocycles. The van der Waals surface area contributed by atoms with Crippen LogP contribution in [0.1, 0.15) is 30.5 Å². The van der Waals surface area contributed by atoms with E-state index in [0.717, 1.165) is 23.6 Å². The summed E-state index contributed by atoms with van der Waals surface area (Å²) in [6.07, 6.45) is 0.921. The summed E-state index contributed by atoms with van der Waals surface area (Å²) in [6, 6.07) is 10.3. The second kappa shape index (κ2) is 7.23. The van der Waals surface area contributed by atoms with Crippen LogP contribution in [0, 0.1) is 0 Å². The smallest absolute Gasteiger partial charge is 0.0514 e. The molecule has 2 rings (SSSR count). The Morgan fingerprint density at radius 2 is 2.05 bits per heavy atom. The summed E-state index contributed by atoms with van der Waals surface area (Å²) in [6.45, 7) is 3.00. The van der Waals surface area contributed by atoms with Gasteiger partial charge in [0, 0.05) is 17.6 Å². The van der Waals surface area contributed by atoms with Crippen LogP contribution in [0.3, 0.4) is 0 Å². The quantitative estimate of drug-likeness (QED) is 0.861. The maximum Gasteiger partial charge on any atom is 0.0514 e. The standard InChI is InChI=1S/C16H21ClN2S/c1-3-15(18)16(13-6-4-5-7-14(13)17)19(2)10-12-8-9-20-11-12/h4-9,11,15-16H,3,10,18H2,1-2H3. The van der Waals surface area contributed by atoms with Gasteiger partial charge in [-0.3, -0.25) is 4.90 Å². The van der Waals surface area contributed by atoms with Gasteiger partial charge in [0.2, 0.25) is 0 Å². The normalized spacial score (nSPS) is 14.4. The second-order valence-corrected chi connectivity index (χ2v) is 6.27. The Hall–Kier alpha value is -0.870. The molecular formula is C16H21ClN2S. The van der Waals surface area contributed by atoms with E-state index in [2.05, 4.69) is 41.8 Å². The van der Waals surface area contributed by atoms with Gasteiger partial charge in [-0.15, -0.1) is 0 Å².